The molecule has 78 heavy (non-hydrogen) atoms. The zero-order valence-electron chi connectivity index (χ0n) is 47.4. The first-order valence-corrected chi connectivity index (χ1v) is 28.9. The summed E-state index contributed by atoms with van der Waals surface area (Å²) in [6.07, 6.45) is 10.2. The van der Waals surface area contributed by atoms with Crippen LogP contribution in [0.15, 0.2) is 84.9 Å². The second-order valence-corrected chi connectivity index (χ2v) is 22.9. The van der Waals surface area contributed by atoms with Crippen molar-refractivity contribution >= 4 is 47.1 Å². The lowest BCUT2D eigenvalue weighted by molar-refractivity contribution is -0.148. The van der Waals surface area contributed by atoms with Gasteiger partial charge in [-0.05, 0) is 120 Å². The molecule has 4 aliphatic rings. The number of benzene rings is 3. The third-order valence-electron chi connectivity index (χ3n) is 17.9. The molecule has 2 saturated carbocycles. The summed E-state index contributed by atoms with van der Waals surface area (Å²) in [4.78, 5) is 121. The zero-order valence-corrected chi connectivity index (χ0v) is 47.4. The largest absolute Gasteiger partial charge is 0.347 e. The average molecular weight is 1070 g/mol. The first-order valence-electron chi connectivity index (χ1n) is 28.9. The standard InChI is InChI=1S/C62H86N8O8/c1-9-39(2)56(72)66-55(46-28-20-13-21-29-46)62(78)70-38-50(35-53(70)61(77)68(8)42(5)44-24-16-11-17-25-44)65-58(74)48-32-30-47(31-33-48)57(73)64-49-34-52(60(76)67(7)41(4)43-22-14-10-15-23-43)69(37-49)59(75)51(36-54(71)40(3)63-6)45-26-18-12-19-27-45/h10-11,14-17,22-25,30-33,39-42,45-46,49-53,55,63H,9,12-13,18-21,26-29,34-38H2,1-8H3,(H,64,73)(H,65,74)(H,66,72)/t39-,40+,41-,42-,49+,50+,51+,52+,53+,55+/m1/s1. The second-order valence-electron chi connectivity index (χ2n) is 22.9. The van der Waals surface area contributed by atoms with Crippen LogP contribution in [0.25, 0.3) is 0 Å². The van der Waals surface area contributed by atoms with Crippen LogP contribution in [-0.4, -0.2) is 137 Å². The number of ketones is 1. The monoisotopic (exact) mass is 1070 g/mol. The van der Waals surface area contributed by atoms with Crippen molar-refractivity contribution < 1.29 is 38.4 Å². The van der Waals surface area contributed by atoms with Gasteiger partial charge in [-0.15, -0.1) is 0 Å². The number of amides is 7. The number of likely N-dealkylation sites (N-methyl/N-ethyl adjacent to an activating group) is 3. The first-order chi connectivity index (χ1) is 37.4. The molecule has 3 aromatic rings. The van der Waals surface area contributed by atoms with E-state index in [-0.39, 0.29) is 109 Å². The lowest BCUT2D eigenvalue weighted by Crippen LogP contribution is -2.57. The van der Waals surface area contributed by atoms with Crippen LogP contribution in [0.1, 0.15) is 168 Å². The van der Waals surface area contributed by atoms with Gasteiger partial charge in [0.25, 0.3) is 11.8 Å². The van der Waals surface area contributed by atoms with Gasteiger partial charge < -0.3 is 40.9 Å². The molecule has 10 atom stereocenters. The number of nitrogens with one attached hydrogen (secondary N) is 4. The summed E-state index contributed by atoms with van der Waals surface area (Å²) >= 11 is 0. The van der Waals surface area contributed by atoms with Gasteiger partial charge in [-0.25, -0.2) is 0 Å². The predicted molar refractivity (Wildman–Crippen MR) is 301 cm³/mol. The number of hydrogen-bond acceptors (Lipinski definition) is 9. The van der Waals surface area contributed by atoms with E-state index in [0.717, 1.165) is 75.3 Å². The van der Waals surface area contributed by atoms with Crippen molar-refractivity contribution in [3.05, 3.63) is 107 Å². The van der Waals surface area contributed by atoms with Gasteiger partial charge in [0.05, 0.1) is 18.1 Å². The number of nitrogens with zero attached hydrogens (tertiary/aromatic N) is 4. The molecule has 0 bridgehead atoms. The van der Waals surface area contributed by atoms with Crippen LogP contribution >= 0.6 is 0 Å². The van der Waals surface area contributed by atoms with Crippen molar-refractivity contribution in [2.24, 2.45) is 23.7 Å². The van der Waals surface area contributed by atoms with Crippen molar-refractivity contribution in [1.82, 2.24) is 40.9 Å². The van der Waals surface area contributed by atoms with Gasteiger partial charge in [-0.2, -0.15) is 0 Å². The summed E-state index contributed by atoms with van der Waals surface area (Å²) in [5, 5.41) is 12.3. The Labute approximate surface area is 462 Å². The van der Waals surface area contributed by atoms with E-state index in [4.69, 9.17) is 0 Å². The molecule has 0 radical (unpaired) electrons. The van der Waals surface area contributed by atoms with Gasteiger partial charge in [0.2, 0.25) is 29.5 Å². The smallest absolute Gasteiger partial charge is 0.251 e. The van der Waals surface area contributed by atoms with Crippen molar-refractivity contribution in [2.75, 3.05) is 34.2 Å². The third kappa shape index (κ3) is 14.2. The third-order valence-corrected chi connectivity index (χ3v) is 17.9. The van der Waals surface area contributed by atoms with Crippen molar-refractivity contribution in [1.29, 1.82) is 0 Å². The molecular formula is C62H86N8O8. The maximum Gasteiger partial charge on any atom is 0.251 e. The molecule has 7 rings (SSSR count). The minimum atomic E-state index is -0.899. The molecule has 16 heteroatoms. The maximum absolute atomic E-state index is 15.0. The van der Waals surface area contributed by atoms with Crippen LogP contribution < -0.4 is 21.3 Å². The molecule has 2 heterocycles. The fraction of sp³-hybridized carbons (Fsp3) is 0.581. The highest BCUT2D eigenvalue weighted by molar-refractivity contribution is 5.99. The van der Waals surface area contributed by atoms with Gasteiger partial charge in [-0.3, -0.25) is 38.4 Å². The topological polar surface area (TPSA) is 198 Å². The van der Waals surface area contributed by atoms with Gasteiger partial charge in [0.1, 0.15) is 23.9 Å². The molecule has 2 aliphatic carbocycles. The van der Waals surface area contributed by atoms with Crippen LogP contribution in [0.5, 0.6) is 0 Å². The van der Waals surface area contributed by atoms with Crippen LogP contribution in [0.3, 0.4) is 0 Å². The Morgan fingerprint density at radius 1 is 0.577 bits per heavy atom. The summed E-state index contributed by atoms with van der Waals surface area (Å²) in [7, 11) is 5.19. The second kappa shape index (κ2) is 27.4. The predicted octanol–water partition coefficient (Wildman–Crippen LogP) is 7.40. The van der Waals surface area contributed by atoms with Gasteiger partial charge in [-0.1, -0.05) is 113 Å². The van der Waals surface area contributed by atoms with Crippen LogP contribution in [-0.2, 0) is 28.8 Å². The summed E-state index contributed by atoms with van der Waals surface area (Å²) in [6, 6.07) is 20.7. The normalized spacial score (nSPS) is 22.3. The number of hydrogen-bond donors (Lipinski definition) is 4. The molecular weight excluding hydrogens is 985 g/mol. The number of Topliss-reactive ketones (excluding diaryl/α,β-unsaturated/α-hetero) is 1. The van der Waals surface area contributed by atoms with Crippen LogP contribution in [0, 0.1) is 23.7 Å². The highest BCUT2D eigenvalue weighted by atomic mass is 16.2. The van der Waals surface area contributed by atoms with E-state index in [0.29, 0.717) is 6.42 Å². The Balaban J connectivity index is 1.07. The number of rotatable bonds is 21. The van der Waals surface area contributed by atoms with E-state index >= 15 is 0 Å². The molecule has 4 N–H and O–H groups in total. The molecule has 3 aromatic carbocycles. The molecule has 2 saturated heterocycles. The molecule has 0 spiro atoms. The quantitative estimate of drug-likeness (QED) is 0.0840. The van der Waals surface area contributed by atoms with Gasteiger partial charge in [0.15, 0.2) is 0 Å². The first kappa shape index (κ1) is 59.2. The molecule has 7 amide bonds. The molecule has 2 aliphatic heterocycles. The summed E-state index contributed by atoms with van der Waals surface area (Å²) in [5.41, 5.74) is 2.42. The van der Waals surface area contributed by atoms with Crippen molar-refractivity contribution in [2.45, 2.75) is 173 Å². The van der Waals surface area contributed by atoms with Gasteiger partial charge >= 0.3 is 0 Å². The van der Waals surface area contributed by atoms with E-state index in [2.05, 4.69) is 21.3 Å². The lowest BCUT2D eigenvalue weighted by Gasteiger charge is -2.36. The Kier molecular flexibility index (Phi) is 20.8. The highest BCUT2D eigenvalue weighted by Gasteiger charge is 2.48. The highest BCUT2D eigenvalue weighted by Crippen LogP contribution is 2.37. The molecule has 0 aromatic heterocycles. The Morgan fingerprint density at radius 3 is 1.42 bits per heavy atom. The number of carbonyl (C=O) groups is 8. The molecule has 16 nitrogen and oxygen atoms in total. The lowest BCUT2D eigenvalue weighted by atomic mass is 9.76. The summed E-state index contributed by atoms with van der Waals surface area (Å²) in [6.45, 7) is 9.61. The van der Waals surface area contributed by atoms with Gasteiger partial charge in [0, 0.05) is 68.7 Å². The van der Waals surface area contributed by atoms with E-state index in [1.165, 1.54) is 0 Å². The van der Waals surface area contributed by atoms with E-state index in [9.17, 15) is 38.4 Å². The van der Waals surface area contributed by atoms with E-state index in [1.807, 2.05) is 88.4 Å². The Bertz CT molecular complexity index is 2380. The van der Waals surface area contributed by atoms with Crippen LogP contribution in [0.4, 0.5) is 0 Å². The fourth-order valence-electron chi connectivity index (χ4n) is 12.2. The van der Waals surface area contributed by atoms with Crippen molar-refractivity contribution in [3.63, 3.8) is 0 Å². The number of carbonyl (C=O) groups excluding carboxylic acids is 8. The Hall–Kier alpha value is -6.42. The molecule has 4 fully saturated rings. The van der Waals surface area contributed by atoms with Crippen molar-refractivity contribution in [3.8, 4) is 0 Å². The zero-order chi connectivity index (χ0) is 56.2. The minimum Gasteiger partial charge on any atom is -0.347 e. The van der Waals surface area contributed by atoms with E-state index in [1.54, 1.807) is 71.9 Å². The summed E-state index contributed by atoms with van der Waals surface area (Å²) < 4.78 is 0. The maximum atomic E-state index is 15.0. The summed E-state index contributed by atoms with van der Waals surface area (Å²) in [5.74, 6) is -3.17. The molecule has 422 valence electrons. The average Bonchev–Trinajstić information content (AvgIpc) is 4.14. The fourth-order valence-corrected chi connectivity index (χ4v) is 12.2. The Morgan fingerprint density at radius 2 is 1.00 bits per heavy atom. The number of likely N-dealkylation sites (tertiary alicyclic amines) is 2. The SMILES string of the molecule is CC[C@@H](C)C(=O)N[C@H](C(=O)N1C[C@@H](NC(=O)c2ccc(C(=O)N[C@H]3C[C@@H](C(=O)N(C)[C@H](C)c4ccccc4)N(C(=O)[C@@H](CC(=O)[C@H](C)NC)C4CCCCC4)C3)cc2)C[C@H]1C(=O)N(C)[C@H](C)c1ccccc1)C1CCCCC1. The molecule has 0 unspecified atom stereocenters. The van der Waals surface area contributed by atoms with E-state index < -0.39 is 54.0 Å². The minimum absolute atomic E-state index is 0.00183. The van der Waals surface area contributed by atoms with Crippen LogP contribution in [0.2, 0.25) is 0 Å².